The van der Waals surface area contributed by atoms with Crippen molar-refractivity contribution in [1.29, 1.82) is 5.26 Å². The smallest absolute Gasteiger partial charge is 0.239 e. The Labute approximate surface area is 206 Å². The first-order valence-corrected chi connectivity index (χ1v) is 12.1. The van der Waals surface area contributed by atoms with Gasteiger partial charge in [-0.25, -0.2) is 4.68 Å². The number of pyridine rings is 1. The largest absolute Gasteiger partial charge is 0.308 e. The number of nitriles is 1. The van der Waals surface area contributed by atoms with Crippen molar-refractivity contribution in [3.8, 4) is 11.8 Å². The number of aryl methyl sites for hydroxylation is 2. The number of nitrogens with zero attached hydrogens (tertiary/aromatic N) is 6. The Kier molecular flexibility index (Phi) is 5.97. The van der Waals surface area contributed by atoms with Gasteiger partial charge in [0.2, 0.25) is 5.91 Å². The fourth-order valence-electron chi connectivity index (χ4n) is 4.17. The lowest BCUT2D eigenvalue weighted by Gasteiger charge is -2.16. The number of aromatic nitrogens is 5. The third-order valence-corrected chi connectivity index (χ3v) is 7.24. The van der Waals surface area contributed by atoms with E-state index >= 15 is 0 Å². The summed E-state index contributed by atoms with van der Waals surface area (Å²) in [6, 6.07) is 19.7. The van der Waals surface area contributed by atoms with E-state index in [1.54, 1.807) is 4.68 Å². The van der Waals surface area contributed by atoms with Gasteiger partial charge in [0.25, 0.3) is 0 Å². The van der Waals surface area contributed by atoms with Crippen LogP contribution in [0.1, 0.15) is 30.0 Å². The lowest BCUT2D eigenvalue weighted by molar-refractivity contribution is -0.115. The van der Waals surface area contributed by atoms with Crippen LogP contribution in [0.5, 0.6) is 0 Å². The van der Waals surface area contributed by atoms with Crippen molar-refractivity contribution in [2.75, 3.05) is 5.32 Å². The Hall–Kier alpha value is -4.16. The van der Waals surface area contributed by atoms with Crippen LogP contribution in [0.3, 0.4) is 0 Å². The fourth-order valence-corrected chi connectivity index (χ4v) is 5.13. The standard InChI is InChI=1S/C26H23N7OS/c1-4-21(25(34)29-24-18(14-27)15-28-33(24)19-10-6-5-7-11-19)35-26-31-30-22-13-17(3)20-12-8-9-16(2)23(20)32(22)26/h5-13,15,21H,4H2,1-3H3,(H,29,34). The Morgan fingerprint density at radius 3 is 2.66 bits per heavy atom. The zero-order valence-corrected chi connectivity index (χ0v) is 20.4. The quantitative estimate of drug-likeness (QED) is 0.340. The second-order valence-electron chi connectivity index (χ2n) is 8.24. The average Bonchev–Trinajstić information content (AvgIpc) is 3.46. The van der Waals surface area contributed by atoms with E-state index in [-0.39, 0.29) is 5.91 Å². The topological polar surface area (TPSA) is 101 Å². The van der Waals surface area contributed by atoms with Crippen LogP contribution >= 0.6 is 11.8 Å². The number of carbonyl (C=O) groups is 1. The molecule has 0 saturated heterocycles. The van der Waals surface area contributed by atoms with Gasteiger partial charge in [0.15, 0.2) is 16.6 Å². The molecule has 1 N–H and O–H groups in total. The molecular weight excluding hydrogens is 458 g/mol. The van der Waals surface area contributed by atoms with Gasteiger partial charge in [-0.3, -0.25) is 9.20 Å². The number of thioether (sulfide) groups is 1. The van der Waals surface area contributed by atoms with Crippen LogP contribution in [0.4, 0.5) is 5.82 Å². The number of anilines is 1. The summed E-state index contributed by atoms with van der Waals surface area (Å²) in [6.07, 6.45) is 2.02. The number of carbonyl (C=O) groups excluding carboxylic acids is 1. The van der Waals surface area contributed by atoms with Gasteiger partial charge < -0.3 is 5.32 Å². The maximum atomic E-state index is 13.4. The van der Waals surface area contributed by atoms with E-state index in [2.05, 4.69) is 52.7 Å². The highest BCUT2D eigenvalue weighted by Gasteiger charge is 2.25. The molecule has 35 heavy (non-hydrogen) atoms. The molecule has 174 valence electrons. The van der Waals surface area contributed by atoms with Crippen LogP contribution in [0.15, 0.2) is 66.0 Å². The summed E-state index contributed by atoms with van der Waals surface area (Å²) in [6.45, 7) is 6.08. The molecule has 3 aromatic heterocycles. The van der Waals surface area contributed by atoms with Crippen LogP contribution in [0.25, 0.3) is 22.2 Å². The van der Waals surface area contributed by atoms with Gasteiger partial charge in [0.1, 0.15) is 11.6 Å². The molecule has 5 aromatic rings. The summed E-state index contributed by atoms with van der Waals surface area (Å²) in [5.41, 5.74) is 5.08. The zero-order chi connectivity index (χ0) is 24.5. The minimum atomic E-state index is -0.451. The predicted octanol–water partition coefficient (Wildman–Crippen LogP) is 5.07. The summed E-state index contributed by atoms with van der Waals surface area (Å²) in [5.74, 6) is 0.127. The van der Waals surface area contributed by atoms with E-state index in [9.17, 15) is 10.1 Å². The van der Waals surface area contributed by atoms with Crippen molar-refractivity contribution in [3.05, 3.63) is 77.5 Å². The second-order valence-corrected chi connectivity index (χ2v) is 9.41. The van der Waals surface area contributed by atoms with Gasteiger partial charge in [-0.1, -0.05) is 55.1 Å². The summed E-state index contributed by atoms with van der Waals surface area (Å²) >= 11 is 1.36. The molecule has 1 atom stereocenters. The Morgan fingerprint density at radius 2 is 1.91 bits per heavy atom. The van der Waals surface area contributed by atoms with Crippen LogP contribution < -0.4 is 5.32 Å². The van der Waals surface area contributed by atoms with Crippen LogP contribution in [0.2, 0.25) is 0 Å². The highest BCUT2D eigenvalue weighted by atomic mass is 32.2. The Morgan fingerprint density at radius 1 is 1.11 bits per heavy atom. The van der Waals surface area contributed by atoms with E-state index in [1.807, 2.05) is 53.8 Å². The molecule has 1 unspecified atom stereocenters. The number of hydrogen-bond donors (Lipinski definition) is 1. The average molecular weight is 482 g/mol. The van der Waals surface area contributed by atoms with Gasteiger partial charge in [0.05, 0.1) is 22.7 Å². The van der Waals surface area contributed by atoms with Crippen molar-refractivity contribution in [1.82, 2.24) is 24.4 Å². The number of nitrogens with one attached hydrogen (secondary N) is 1. The van der Waals surface area contributed by atoms with Crippen LogP contribution in [-0.4, -0.2) is 35.5 Å². The van der Waals surface area contributed by atoms with E-state index in [4.69, 9.17) is 0 Å². The van der Waals surface area contributed by atoms with Crippen molar-refractivity contribution in [2.24, 2.45) is 0 Å². The molecule has 1 amide bonds. The molecule has 0 fully saturated rings. The molecule has 0 radical (unpaired) electrons. The highest BCUT2D eigenvalue weighted by Crippen LogP contribution is 2.31. The maximum Gasteiger partial charge on any atom is 0.239 e. The third-order valence-electron chi connectivity index (χ3n) is 5.93. The van der Waals surface area contributed by atoms with Gasteiger partial charge in [-0.05, 0) is 49.6 Å². The molecule has 3 heterocycles. The van der Waals surface area contributed by atoms with Crippen molar-refractivity contribution >= 4 is 40.0 Å². The van der Waals surface area contributed by atoms with Crippen LogP contribution in [-0.2, 0) is 4.79 Å². The van der Waals surface area contributed by atoms with Gasteiger partial charge in [-0.15, -0.1) is 10.2 Å². The van der Waals surface area contributed by atoms with E-state index in [0.717, 1.165) is 33.4 Å². The number of amides is 1. The van der Waals surface area contributed by atoms with Gasteiger partial charge >= 0.3 is 0 Å². The fraction of sp³-hybridized carbons (Fsp3) is 0.192. The van der Waals surface area contributed by atoms with E-state index in [1.165, 1.54) is 18.0 Å². The number of para-hydroxylation sites is 2. The molecule has 0 aliphatic heterocycles. The minimum Gasteiger partial charge on any atom is -0.308 e. The van der Waals surface area contributed by atoms with Crippen molar-refractivity contribution in [3.63, 3.8) is 0 Å². The highest BCUT2D eigenvalue weighted by molar-refractivity contribution is 8.00. The summed E-state index contributed by atoms with van der Waals surface area (Å²) in [7, 11) is 0. The normalized spacial score (nSPS) is 12.1. The molecule has 5 rings (SSSR count). The lowest BCUT2D eigenvalue weighted by Crippen LogP contribution is -2.26. The van der Waals surface area contributed by atoms with E-state index < -0.39 is 5.25 Å². The molecule has 2 aromatic carbocycles. The van der Waals surface area contributed by atoms with Gasteiger partial charge in [0, 0.05) is 5.39 Å². The predicted molar refractivity (Wildman–Crippen MR) is 137 cm³/mol. The first-order chi connectivity index (χ1) is 17.0. The molecule has 0 aliphatic carbocycles. The summed E-state index contributed by atoms with van der Waals surface area (Å²) in [5, 5.41) is 27.0. The monoisotopic (exact) mass is 481 g/mol. The van der Waals surface area contributed by atoms with Crippen molar-refractivity contribution in [2.45, 2.75) is 37.6 Å². The summed E-state index contributed by atoms with van der Waals surface area (Å²) < 4.78 is 3.59. The Balaban J connectivity index is 1.50. The molecule has 0 aliphatic rings. The SMILES string of the molecule is CCC(Sc1nnc2cc(C)c3cccc(C)c3n12)C(=O)Nc1c(C#N)cnn1-c1ccccc1. The number of hydrogen-bond acceptors (Lipinski definition) is 6. The number of rotatable bonds is 6. The number of benzene rings is 2. The second kappa shape index (κ2) is 9.24. The molecule has 9 heteroatoms. The molecule has 0 saturated carbocycles. The maximum absolute atomic E-state index is 13.4. The first kappa shape index (κ1) is 22.6. The number of fused-ring (bicyclic) bond motifs is 3. The first-order valence-electron chi connectivity index (χ1n) is 11.3. The molecule has 0 bridgehead atoms. The zero-order valence-electron chi connectivity index (χ0n) is 19.6. The van der Waals surface area contributed by atoms with E-state index in [0.29, 0.717) is 23.0 Å². The lowest BCUT2D eigenvalue weighted by atomic mass is 10.1. The Bertz CT molecular complexity index is 1600. The van der Waals surface area contributed by atoms with Crippen molar-refractivity contribution < 1.29 is 4.79 Å². The third kappa shape index (κ3) is 4.02. The minimum absolute atomic E-state index is 0.225. The van der Waals surface area contributed by atoms with Gasteiger partial charge in [-0.2, -0.15) is 10.4 Å². The molecular formula is C26H23N7OS. The molecule has 8 nitrogen and oxygen atoms in total. The van der Waals surface area contributed by atoms with Crippen LogP contribution in [0, 0.1) is 25.2 Å². The summed E-state index contributed by atoms with van der Waals surface area (Å²) in [4.78, 5) is 13.4. The molecule has 0 spiro atoms.